The van der Waals surface area contributed by atoms with Gasteiger partial charge in [0.05, 0.1) is 6.61 Å². The normalized spacial score (nSPS) is 10.6. The number of nitrogens with one attached hydrogen (secondary N) is 2. The molecule has 0 saturated carbocycles. The fourth-order valence-electron chi connectivity index (χ4n) is 0.948. The maximum Gasteiger partial charge on any atom is 0.245 e. The average Bonchev–Trinajstić information content (AvgIpc) is 2.11. The van der Waals surface area contributed by atoms with Gasteiger partial charge >= 0.3 is 0 Å². The summed E-state index contributed by atoms with van der Waals surface area (Å²) in [6.45, 7) is 9.41. The number of ether oxygens (including phenoxy) is 1. The molecule has 4 heteroatoms. The van der Waals surface area contributed by atoms with E-state index >= 15 is 0 Å². The highest BCUT2D eigenvalue weighted by Gasteiger charge is 1.98. The van der Waals surface area contributed by atoms with Gasteiger partial charge < -0.3 is 15.4 Å². The fourth-order valence-corrected chi connectivity index (χ4v) is 0.948. The van der Waals surface area contributed by atoms with Crippen LogP contribution in [0.2, 0.25) is 0 Å². The van der Waals surface area contributed by atoms with Crippen LogP contribution in [0.3, 0.4) is 0 Å². The minimum atomic E-state index is -0.0450. The van der Waals surface area contributed by atoms with Crippen molar-refractivity contribution in [3.05, 3.63) is 0 Å². The number of carbonyl (C=O) groups is 1. The quantitative estimate of drug-likeness (QED) is 0.560. The van der Waals surface area contributed by atoms with E-state index in [9.17, 15) is 4.79 Å². The molecule has 1 amide bonds. The van der Waals surface area contributed by atoms with Gasteiger partial charge in [0.1, 0.15) is 6.61 Å². The Morgan fingerprint density at radius 1 is 1.43 bits per heavy atom. The van der Waals surface area contributed by atoms with Crippen LogP contribution in [-0.4, -0.2) is 38.8 Å². The molecular formula is C10H22N2O2. The van der Waals surface area contributed by atoms with E-state index in [0.717, 1.165) is 13.1 Å². The largest absolute Gasteiger partial charge is 0.370 e. The molecule has 0 atom stereocenters. The van der Waals surface area contributed by atoms with Crippen LogP contribution in [0.15, 0.2) is 0 Å². The van der Waals surface area contributed by atoms with Gasteiger partial charge in [0.2, 0.25) is 5.91 Å². The minimum absolute atomic E-state index is 0.0450. The van der Waals surface area contributed by atoms with Crippen LogP contribution in [0.4, 0.5) is 0 Å². The van der Waals surface area contributed by atoms with E-state index in [-0.39, 0.29) is 12.5 Å². The lowest BCUT2D eigenvalue weighted by Crippen LogP contribution is -2.29. The van der Waals surface area contributed by atoms with Gasteiger partial charge in [0.25, 0.3) is 0 Å². The molecule has 84 valence electrons. The van der Waals surface area contributed by atoms with Gasteiger partial charge in [-0.05, 0) is 19.4 Å². The van der Waals surface area contributed by atoms with Crippen molar-refractivity contribution in [2.45, 2.75) is 20.8 Å². The van der Waals surface area contributed by atoms with Crippen molar-refractivity contribution in [3.8, 4) is 0 Å². The predicted octanol–water partition coefficient (Wildman–Crippen LogP) is 0.385. The zero-order valence-electron chi connectivity index (χ0n) is 9.43. The summed E-state index contributed by atoms with van der Waals surface area (Å²) in [7, 11) is 0. The lowest BCUT2D eigenvalue weighted by Gasteiger charge is -2.07. The van der Waals surface area contributed by atoms with Crippen molar-refractivity contribution in [2.24, 2.45) is 5.92 Å². The molecule has 0 unspecified atom stereocenters. The Morgan fingerprint density at radius 3 is 2.71 bits per heavy atom. The molecule has 0 spiro atoms. The number of carbonyl (C=O) groups excluding carboxylic acids is 1. The molecule has 4 nitrogen and oxygen atoms in total. The van der Waals surface area contributed by atoms with Gasteiger partial charge in [-0.3, -0.25) is 4.79 Å². The molecular weight excluding hydrogens is 180 g/mol. The van der Waals surface area contributed by atoms with Crippen LogP contribution in [0.1, 0.15) is 20.8 Å². The summed E-state index contributed by atoms with van der Waals surface area (Å²) in [5, 5.41) is 5.90. The molecule has 0 radical (unpaired) electrons. The molecule has 0 bridgehead atoms. The van der Waals surface area contributed by atoms with Crippen LogP contribution in [0, 0.1) is 5.92 Å². The van der Waals surface area contributed by atoms with E-state index in [2.05, 4.69) is 24.5 Å². The summed E-state index contributed by atoms with van der Waals surface area (Å²) < 4.78 is 5.16. The first-order chi connectivity index (χ1) is 6.66. The zero-order valence-corrected chi connectivity index (χ0v) is 9.43. The minimum Gasteiger partial charge on any atom is -0.370 e. The molecule has 0 aliphatic rings. The first-order valence-corrected chi connectivity index (χ1v) is 5.22. The maximum atomic E-state index is 10.9. The van der Waals surface area contributed by atoms with Crippen molar-refractivity contribution in [1.82, 2.24) is 10.6 Å². The summed E-state index contributed by atoms with van der Waals surface area (Å²) >= 11 is 0. The van der Waals surface area contributed by atoms with E-state index in [1.165, 1.54) is 0 Å². The van der Waals surface area contributed by atoms with Crippen molar-refractivity contribution in [3.63, 3.8) is 0 Å². The first kappa shape index (κ1) is 13.4. The second-order valence-electron chi connectivity index (χ2n) is 3.60. The van der Waals surface area contributed by atoms with Crippen LogP contribution in [0.25, 0.3) is 0 Å². The first-order valence-electron chi connectivity index (χ1n) is 5.22. The Morgan fingerprint density at radius 2 is 2.14 bits per heavy atom. The van der Waals surface area contributed by atoms with E-state index in [0.29, 0.717) is 19.1 Å². The van der Waals surface area contributed by atoms with Gasteiger partial charge in [-0.1, -0.05) is 13.8 Å². The van der Waals surface area contributed by atoms with E-state index < -0.39 is 0 Å². The standard InChI is InChI=1S/C10H22N2O2/c1-4-12-10(13)8-14-6-5-11-7-9(2)3/h9,11H,4-8H2,1-3H3,(H,12,13). The summed E-state index contributed by atoms with van der Waals surface area (Å²) in [4.78, 5) is 10.9. The van der Waals surface area contributed by atoms with E-state index in [4.69, 9.17) is 4.74 Å². The van der Waals surface area contributed by atoms with Crippen molar-refractivity contribution in [1.29, 1.82) is 0 Å². The highest BCUT2D eigenvalue weighted by atomic mass is 16.5. The van der Waals surface area contributed by atoms with E-state index in [1.54, 1.807) is 0 Å². The van der Waals surface area contributed by atoms with Crippen LogP contribution in [0.5, 0.6) is 0 Å². The number of amides is 1. The molecule has 0 fully saturated rings. The maximum absolute atomic E-state index is 10.9. The van der Waals surface area contributed by atoms with Gasteiger partial charge in [0.15, 0.2) is 0 Å². The summed E-state index contributed by atoms with van der Waals surface area (Å²) in [6, 6.07) is 0. The molecule has 0 aromatic rings. The Bertz CT molecular complexity index is 149. The molecule has 2 N–H and O–H groups in total. The van der Waals surface area contributed by atoms with Crippen molar-refractivity contribution >= 4 is 5.91 Å². The number of rotatable bonds is 8. The van der Waals surface area contributed by atoms with Crippen molar-refractivity contribution in [2.75, 3.05) is 32.8 Å². The fraction of sp³-hybridized carbons (Fsp3) is 0.900. The summed E-state index contributed by atoms with van der Waals surface area (Å²) in [5.41, 5.74) is 0. The molecule has 0 saturated heterocycles. The molecule has 0 aliphatic heterocycles. The second kappa shape index (κ2) is 8.97. The Balaban J connectivity index is 3.09. The number of hydrogen-bond acceptors (Lipinski definition) is 3. The lowest BCUT2D eigenvalue weighted by atomic mass is 10.2. The second-order valence-corrected chi connectivity index (χ2v) is 3.60. The molecule has 0 aliphatic carbocycles. The molecule has 14 heavy (non-hydrogen) atoms. The third-order valence-corrected chi connectivity index (χ3v) is 1.58. The lowest BCUT2D eigenvalue weighted by molar-refractivity contribution is -0.125. The highest BCUT2D eigenvalue weighted by molar-refractivity contribution is 5.77. The smallest absolute Gasteiger partial charge is 0.245 e. The topological polar surface area (TPSA) is 50.4 Å². The molecule has 0 heterocycles. The molecule has 0 aromatic carbocycles. The Hall–Kier alpha value is -0.610. The van der Waals surface area contributed by atoms with Crippen LogP contribution < -0.4 is 10.6 Å². The molecule has 0 aromatic heterocycles. The Kier molecular flexibility index (Phi) is 8.57. The number of likely N-dealkylation sites (N-methyl/N-ethyl adjacent to an activating group) is 1. The summed E-state index contributed by atoms with van der Waals surface area (Å²) in [5.74, 6) is 0.606. The monoisotopic (exact) mass is 202 g/mol. The third-order valence-electron chi connectivity index (χ3n) is 1.58. The van der Waals surface area contributed by atoms with E-state index in [1.807, 2.05) is 6.92 Å². The zero-order chi connectivity index (χ0) is 10.8. The van der Waals surface area contributed by atoms with Crippen LogP contribution in [-0.2, 0) is 9.53 Å². The molecule has 0 rings (SSSR count). The van der Waals surface area contributed by atoms with Crippen LogP contribution >= 0.6 is 0 Å². The van der Waals surface area contributed by atoms with Gasteiger partial charge in [-0.2, -0.15) is 0 Å². The highest BCUT2D eigenvalue weighted by Crippen LogP contribution is 1.86. The Labute approximate surface area is 86.4 Å². The third kappa shape index (κ3) is 9.48. The van der Waals surface area contributed by atoms with Gasteiger partial charge in [0, 0.05) is 13.1 Å². The van der Waals surface area contributed by atoms with Crippen molar-refractivity contribution < 1.29 is 9.53 Å². The summed E-state index contributed by atoms with van der Waals surface area (Å²) in [6.07, 6.45) is 0. The SMILES string of the molecule is CCNC(=O)COCCNCC(C)C. The van der Waals surface area contributed by atoms with Gasteiger partial charge in [-0.25, -0.2) is 0 Å². The van der Waals surface area contributed by atoms with Gasteiger partial charge in [-0.15, -0.1) is 0 Å². The predicted molar refractivity (Wildman–Crippen MR) is 57.2 cm³/mol. The average molecular weight is 202 g/mol. The number of hydrogen-bond donors (Lipinski definition) is 2.